The lowest BCUT2D eigenvalue weighted by Gasteiger charge is -2.07. The fourth-order valence-corrected chi connectivity index (χ4v) is 2.82. The molecule has 0 atom stereocenters. The smallest absolute Gasteiger partial charge is 0.190 e. The molecule has 1 heterocycles. The van der Waals surface area contributed by atoms with Gasteiger partial charge in [0.05, 0.1) is 9.37 Å². The quantitative estimate of drug-likeness (QED) is 0.384. The number of rotatable bonds is 3. The van der Waals surface area contributed by atoms with Gasteiger partial charge in [-0.1, -0.05) is 5.16 Å². The molecule has 6 nitrogen and oxygen atoms in total. The van der Waals surface area contributed by atoms with Crippen LogP contribution in [0.1, 0.15) is 5.56 Å². The van der Waals surface area contributed by atoms with Crippen molar-refractivity contribution >= 4 is 33.5 Å². The summed E-state index contributed by atoms with van der Waals surface area (Å²) in [6, 6.07) is 3.09. The number of amidine groups is 1. The highest BCUT2D eigenvalue weighted by Crippen LogP contribution is 2.33. The van der Waals surface area contributed by atoms with Crippen molar-refractivity contribution < 1.29 is 9.60 Å². The van der Waals surface area contributed by atoms with E-state index in [0.29, 0.717) is 10.1 Å². The predicted molar refractivity (Wildman–Crippen MR) is 71.7 cm³/mol. The number of oxime groups is 1. The Balaban J connectivity index is 2.39. The molecule has 0 aliphatic rings. The van der Waals surface area contributed by atoms with E-state index >= 15 is 0 Å². The topological polar surface area (TPSA) is 89.3 Å². The first-order valence-electron chi connectivity index (χ1n) is 5.02. The van der Waals surface area contributed by atoms with E-state index in [-0.39, 0.29) is 15.9 Å². The van der Waals surface area contributed by atoms with E-state index in [1.165, 1.54) is 17.1 Å². The van der Waals surface area contributed by atoms with Crippen molar-refractivity contribution in [1.82, 2.24) is 14.8 Å². The fraction of sp³-hybridized carbons (Fsp3) is 0.100. The highest BCUT2D eigenvalue weighted by atomic mass is 79.9. The Labute approximate surface area is 120 Å². The monoisotopic (exact) mass is 345 g/mol. The lowest BCUT2D eigenvalue weighted by Crippen LogP contribution is -2.14. The average molecular weight is 346 g/mol. The molecular weight excluding hydrogens is 337 g/mol. The molecule has 19 heavy (non-hydrogen) atoms. The summed E-state index contributed by atoms with van der Waals surface area (Å²) in [6.45, 7) is 0. The van der Waals surface area contributed by atoms with Crippen LogP contribution in [0.15, 0.2) is 38.1 Å². The molecule has 3 N–H and O–H groups in total. The van der Waals surface area contributed by atoms with Crippen LogP contribution in [-0.4, -0.2) is 25.8 Å². The van der Waals surface area contributed by atoms with Crippen LogP contribution in [0, 0.1) is 5.82 Å². The standard InChI is InChI=1S/C10H9BrFN5OS/c1-17-10(14-4-15-17)19-6-3-2-5(9(13)16-18)7(11)8(6)12/h2-4,18H,1H3,(H2,13,16). The van der Waals surface area contributed by atoms with Crippen molar-refractivity contribution in [3.8, 4) is 0 Å². The van der Waals surface area contributed by atoms with Crippen molar-refractivity contribution in [2.75, 3.05) is 0 Å². The van der Waals surface area contributed by atoms with E-state index in [4.69, 9.17) is 10.9 Å². The van der Waals surface area contributed by atoms with E-state index in [1.54, 1.807) is 13.1 Å². The van der Waals surface area contributed by atoms with Crippen molar-refractivity contribution in [3.63, 3.8) is 0 Å². The van der Waals surface area contributed by atoms with Crippen molar-refractivity contribution in [3.05, 3.63) is 34.3 Å². The van der Waals surface area contributed by atoms with E-state index in [9.17, 15) is 4.39 Å². The van der Waals surface area contributed by atoms with Crippen LogP contribution >= 0.6 is 27.7 Å². The van der Waals surface area contributed by atoms with Gasteiger partial charge in [0.1, 0.15) is 6.33 Å². The predicted octanol–water partition coefficient (Wildman–Crippen LogP) is 1.96. The molecule has 0 fully saturated rings. The lowest BCUT2D eigenvalue weighted by atomic mass is 10.2. The summed E-state index contributed by atoms with van der Waals surface area (Å²) in [5, 5.41) is 15.9. The molecule has 0 unspecified atom stereocenters. The van der Waals surface area contributed by atoms with Gasteiger partial charge in [0, 0.05) is 12.6 Å². The highest BCUT2D eigenvalue weighted by Gasteiger charge is 2.16. The molecule has 2 rings (SSSR count). The minimum atomic E-state index is -0.503. The van der Waals surface area contributed by atoms with Crippen LogP contribution in [-0.2, 0) is 7.05 Å². The number of hydrogen-bond acceptors (Lipinski definition) is 5. The number of nitrogens with two attached hydrogens (primary N) is 1. The first kappa shape index (κ1) is 13.8. The third kappa shape index (κ3) is 2.71. The SMILES string of the molecule is Cn1ncnc1Sc1ccc(/C(N)=N/O)c(Br)c1F. The summed E-state index contributed by atoms with van der Waals surface area (Å²) < 4.78 is 15.8. The van der Waals surface area contributed by atoms with E-state index in [0.717, 1.165) is 11.8 Å². The Morgan fingerprint density at radius 2 is 2.32 bits per heavy atom. The highest BCUT2D eigenvalue weighted by molar-refractivity contribution is 9.10. The second-order valence-electron chi connectivity index (χ2n) is 3.49. The van der Waals surface area contributed by atoms with Crippen LogP contribution in [0.5, 0.6) is 0 Å². The summed E-state index contributed by atoms with van der Waals surface area (Å²) in [4.78, 5) is 4.36. The van der Waals surface area contributed by atoms with Gasteiger partial charge in [0.2, 0.25) is 0 Å². The van der Waals surface area contributed by atoms with E-state index in [1.807, 2.05) is 0 Å². The second-order valence-corrected chi connectivity index (χ2v) is 5.29. The molecule has 0 spiro atoms. The van der Waals surface area contributed by atoms with Crippen LogP contribution in [0.25, 0.3) is 0 Å². The van der Waals surface area contributed by atoms with Gasteiger partial charge in [0.15, 0.2) is 16.8 Å². The fourth-order valence-electron chi connectivity index (χ4n) is 1.34. The van der Waals surface area contributed by atoms with E-state index < -0.39 is 5.82 Å². The molecule has 0 saturated heterocycles. The molecule has 2 aromatic rings. The molecule has 0 amide bonds. The zero-order valence-electron chi connectivity index (χ0n) is 9.71. The Bertz CT molecular complexity index is 645. The molecule has 9 heteroatoms. The molecule has 0 aliphatic heterocycles. The van der Waals surface area contributed by atoms with Gasteiger partial charge in [-0.25, -0.2) is 14.1 Å². The maximum absolute atomic E-state index is 14.2. The third-order valence-corrected chi connectivity index (χ3v) is 4.16. The van der Waals surface area contributed by atoms with Gasteiger partial charge in [-0.05, 0) is 39.8 Å². The number of nitrogens with zero attached hydrogens (tertiary/aromatic N) is 4. The first-order chi connectivity index (χ1) is 9.04. The zero-order valence-corrected chi connectivity index (χ0v) is 12.1. The molecule has 0 aliphatic carbocycles. The minimum Gasteiger partial charge on any atom is -0.409 e. The number of benzene rings is 1. The lowest BCUT2D eigenvalue weighted by molar-refractivity contribution is 0.318. The van der Waals surface area contributed by atoms with Crippen LogP contribution in [0.2, 0.25) is 0 Å². The van der Waals surface area contributed by atoms with Crippen LogP contribution in [0.4, 0.5) is 4.39 Å². The van der Waals surface area contributed by atoms with Gasteiger partial charge in [-0.3, -0.25) is 0 Å². The Morgan fingerprint density at radius 1 is 1.58 bits per heavy atom. The average Bonchev–Trinajstić information content (AvgIpc) is 2.80. The molecule has 0 bridgehead atoms. The summed E-state index contributed by atoms with van der Waals surface area (Å²) in [5.74, 6) is -0.668. The van der Waals surface area contributed by atoms with Crippen molar-refractivity contribution in [2.24, 2.45) is 17.9 Å². The maximum Gasteiger partial charge on any atom is 0.190 e. The minimum absolute atomic E-state index is 0.134. The number of halogens is 2. The van der Waals surface area contributed by atoms with Crippen molar-refractivity contribution in [2.45, 2.75) is 10.1 Å². The van der Waals surface area contributed by atoms with Crippen LogP contribution in [0.3, 0.4) is 0 Å². The maximum atomic E-state index is 14.2. The summed E-state index contributed by atoms with van der Waals surface area (Å²) >= 11 is 4.22. The zero-order chi connectivity index (χ0) is 14.0. The number of aromatic nitrogens is 3. The number of hydrogen-bond donors (Lipinski definition) is 2. The van der Waals surface area contributed by atoms with Gasteiger partial charge in [0.25, 0.3) is 0 Å². The Morgan fingerprint density at radius 3 is 2.89 bits per heavy atom. The van der Waals surface area contributed by atoms with Crippen molar-refractivity contribution in [1.29, 1.82) is 0 Å². The summed E-state index contributed by atoms with van der Waals surface area (Å²) in [7, 11) is 1.72. The van der Waals surface area contributed by atoms with Gasteiger partial charge in [-0.2, -0.15) is 5.10 Å². The summed E-state index contributed by atoms with van der Waals surface area (Å²) in [5.41, 5.74) is 5.72. The van der Waals surface area contributed by atoms with Gasteiger partial charge >= 0.3 is 0 Å². The van der Waals surface area contributed by atoms with Gasteiger partial charge < -0.3 is 10.9 Å². The normalized spacial score (nSPS) is 11.8. The first-order valence-corrected chi connectivity index (χ1v) is 6.63. The van der Waals surface area contributed by atoms with Gasteiger partial charge in [-0.15, -0.1) is 0 Å². The molecule has 1 aromatic carbocycles. The second kappa shape index (κ2) is 5.57. The summed E-state index contributed by atoms with van der Waals surface area (Å²) in [6.07, 6.45) is 1.39. The largest absolute Gasteiger partial charge is 0.409 e. The molecule has 0 radical (unpaired) electrons. The Kier molecular flexibility index (Phi) is 4.05. The molecular formula is C10H9BrFN5OS. The molecule has 1 aromatic heterocycles. The van der Waals surface area contributed by atoms with Crippen LogP contribution < -0.4 is 5.73 Å². The third-order valence-electron chi connectivity index (χ3n) is 2.30. The Hall–Kier alpha value is -1.61. The number of aryl methyl sites for hydroxylation is 1. The molecule has 0 saturated carbocycles. The molecule has 100 valence electrons. The van der Waals surface area contributed by atoms with E-state index in [2.05, 4.69) is 31.2 Å².